The smallest absolute Gasteiger partial charge is 0.340 e. The van der Waals surface area contributed by atoms with E-state index in [0.29, 0.717) is 36.0 Å². The number of fused-ring (bicyclic) bond motifs is 9. The van der Waals surface area contributed by atoms with Crippen LogP contribution in [0.3, 0.4) is 0 Å². The van der Waals surface area contributed by atoms with Crippen LogP contribution in [0, 0.1) is 45.8 Å². The highest BCUT2D eigenvalue weighted by molar-refractivity contribution is 6.08. The van der Waals surface area contributed by atoms with Gasteiger partial charge < -0.3 is 30.5 Å². The van der Waals surface area contributed by atoms with Crippen LogP contribution in [-0.4, -0.2) is 43.3 Å². The summed E-state index contributed by atoms with van der Waals surface area (Å²) >= 11 is 0. The van der Waals surface area contributed by atoms with Crippen LogP contribution in [0.2, 0.25) is 0 Å². The summed E-state index contributed by atoms with van der Waals surface area (Å²) in [6.45, 7) is 4.00. The van der Waals surface area contributed by atoms with Crippen molar-refractivity contribution >= 4 is 17.5 Å². The van der Waals surface area contributed by atoms with Gasteiger partial charge in [-0.2, -0.15) is 0 Å². The number of ether oxygens (including phenoxy) is 2. The van der Waals surface area contributed by atoms with E-state index in [1.807, 2.05) is 12.1 Å². The van der Waals surface area contributed by atoms with Gasteiger partial charge in [0.15, 0.2) is 0 Å². The Morgan fingerprint density at radius 1 is 0.833 bits per heavy atom. The zero-order valence-corrected chi connectivity index (χ0v) is 42.0. The number of benzene rings is 4. The number of nitrogens with one attached hydrogen (secondary N) is 3. The number of esters is 2. The van der Waals surface area contributed by atoms with Gasteiger partial charge in [-0.05, 0) is 207 Å². The van der Waals surface area contributed by atoms with E-state index in [0.717, 1.165) is 122 Å². The van der Waals surface area contributed by atoms with Crippen molar-refractivity contribution in [2.45, 2.75) is 109 Å². The monoisotopic (exact) mass is 960 g/mol. The van der Waals surface area contributed by atoms with E-state index in [-0.39, 0.29) is 47.1 Å². The molecule has 14 bridgehead atoms. The molecular formula is C64H69N3O5. The van der Waals surface area contributed by atoms with Crippen molar-refractivity contribution in [1.82, 2.24) is 16.0 Å². The van der Waals surface area contributed by atoms with Crippen molar-refractivity contribution in [3.05, 3.63) is 177 Å². The molecule has 2 saturated heterocycles. The SMILES string of the molecule is CCC(C=C1OC(=O)C2=C3c4cc(O)ccc4-c4cccc(c4)C4C=CC56CCC7=C(C(=O)OC7=CCC7(C8CCNC(NC)C8)CCC(Cc8cccc(c8)CCN4)C7)C5C12CCC36)Cc1ccccc1. The highest BCUT2D eigenvalue weighted by atomic mass is 16.6. The molecule has 72 heavy (non-hydrogen) atoms. The van der Waals surface area contributed by atoms with E-state index in [9.17, 15) is 5.11 Å². The third-order valence-corrected chi connectivity index (χ3v) is 19.6. The Morgan fingerprint density at radius 2 is 1.71 bits per heavy atom. The predicted octanol–water partition coefficient (Wildman–Crippen LogP) is 11.8. The number of carbonyl (C=O) groups excluding carboxylic acids is 2. The molecule has 0 amide bonds. The fourth-order valence-electron chi connectivity index (χ4n) is 16.3. The summed E-state index contributed by atoms with van der Waals surface area (Å²) in [5.74, 6) is 1.67. The van der Waals surface area contributed by atoms with Crippen LogP contribution in [0.25, 0.3) is 16.7 Å². The van der Waals surface area contributed by atoms with Crippen molar-refractivity contribution in [2.24, 2.45) is 45.8 Å². The predicted molar refractivity (Wildman–Crippen MR) is 282 cm³/mol. The van der Waals surface area contributed by atoms with E-state index in [2.05, 4.69) is 133 Å². The topological polar surface area (TPSA) is 109 Å². The molecule has 0 aromatic heterocycles. The van der Waals surface area contributed by atoms with Crippen molar-refractivity contribution < 1.29 is 24.2 Å². The number of piperidine rings is 1. The summed E-state index contributed by atoms with van der Waals surface area (Å²) in [6, 6.07) is 34.3. The Hall–Kier alpha value is -5.80. The number of hydrogen-bond donors (Lipinski definition) is 4. The first-order valence-corrected chi connectivity index (χ1v) is 27.4. The van der Waals surface area contributed by atoms with Gasteiger partial charge in [0.2, 0.25) is 0 Å². The molecule has 6 aliphatic carbocycles. The minimum atomic E-state index is -0.942. The Labute approximate surface area is 425 Å². The lowest BCUT2D eigenvalue weighted by atomic mass is 9.38. The summed E-state index contributed by atoms with van der Waals surface area (Å²) < 4.78 is 13.6. The van der Waals surface area contributed by atoms with Crippen LogP contribution in [-0.2, 0) is 38.3 Å². The lowest BCUT2D eigenvalue weighted by Gasteiger charge is -2.62. The van der Waals surface area contributed by atoms with Crippen LogP contribution in [0.15, 0.2) is 150 Å². The fourth-order valence-corrected chi connectivity index (χ4v) is 16.3. The number of carbonyl (C=O) groups is 2. The Bertz CT molecular complexity index is 3020. The maximum absolute atomic E-state index is 15.4. The summed E-state index contributed by atoms with van der Waals surface area (Å²) in [5, 5.41) is 22.8. The molecule has 10 atom stereocenters. The van der Waals surface area contributed by atoms with Crippen LogP contribution < -0.4 is 16.0 Å². The van der Waals surface area contributed by atoms with Crippen LogP contribution in [0.5, 0.6) is 5.75 Å². The van der Waals surface area contributed by atoms with E-state index >= 15 is 9.59 Å². The van der Waals surface area contributed by atoms with E-state index < -0.39 is 16.7 Å². The largest absolute Gasteiger partial charge is 0.508 e. The Balaban J connectivity index is 1.05. The molecule has 15 rings (SSSR count). The summed E-state index contributed by atoms with van der Waals surface area (Å²) in [7, 11) is 2.07. The average Bonchev–Trinajstić information content (AvgIpc) is 4.06. The molecule has 2 spiro atoms. The molecule has 8 heteroatoms. The molecule has 4 fully saturated rings. The van der Waals surface area contributed by atoms with Crippen molar-refractivity contribution in [1.29, 1.82) is 0 Å². The average molecular weight is 960 g/mol. The molecule has 2 saturated carbocycles. The Morgan fingerprint density at radius 3 is 2.58 bits per heavy atom. The molecule has 4 aromatic carbocycles. The van der Waals surface area contributed by atoms with Gasteiger partial charge in [-0.1, -0.05) is 97.9 Å². The van der Waals surface area contributed by atoms with E-state index in [1.54, 1.807) is 6.07 Å². The minimum Gasteiger partial charge on any atom is -0.508 e. The van der Waals surface area contributed by atoms with Crippen molar-refractivity contribution in [2.75, 3.05) is 20.1 Å². The first kappa shape index (κ1) is 46.0. The molecule has 0 radical (unpaired) electrons. The van der Waals surface area contributed by atoms with Gasteiger partial charge in [0.05, 0.1) is 23.2 Å². The fraction of sp³-hybridized carbons (Fsp3) is 0.438. The number of aromatic hydroxyl groups is 1. The van der Waals surface area contributed by atoms with Crippen molar-refractivity contribution in [3.63, 3.8) is 0 Å². The summed E-state index contributed by atoms with van der Waals surface area (Å²) in [6.07, 6.45) is 23.0. The molecule has 5 aliphatic heterocycles. The number of phenols is 1. The maximum Gasteiger partial charge on any atom is 0.340 e. The second kappa shape index (κ2) is 18.0. The first-order valence-electron chi connectivity index (χ1n) is 27.4. The van der Waals surface area contributed by atoms with E-state index in [1.165, 1.54) is 29.5 Å². The van der Waals surface area contributed by atoms with Gasteiger partial charge in [-0.3, -0.25) is 0 Å². The lowest BCUT2D eigenvalue weighted by molar-refractivity contribution is -0.135. The molecule has 8 nitrogen and oxygen atoms in total. The van der Waals surface area contributed by atoms with Crippen LogP contribution in [0.1, 0.15) is 111 Å². The van der Waals surface area contributed by atoms with E-state index in [4.69, 9.17) is 9.47 Å². The minimum absolute atomic E-state index is 0.0879. The quantitative estimate of drug-likeness (QED) is 0.112. The molecule has 5 heterocycles. The highest BCUT2D eigenvalue weighted by Gasteiger charge is 2.73. The van der Waals surface area contributed by atoms with Gasteiger partial charge in [0.1, 0.15) is 17.3 Å². The Kier molecular flexibility index (Phi) is 11.5. The number of phenolic OH excluding ortho intramolecular Hbond substituents is 1. The third-order valence-electron chi connectivity index (χ3n) is 19.6. The van der Waals surface area contributed by atoms with Crippen LogP contribution in [0.4, 0.5) is 0 Å². The number of rotatable bonds is 6. The maximum atomic E-state index is 15.4. The molecule has 11 aliphatic rings. The molecule has 10 unspecified atom stereocenters. The molecule has 4 N–H and O–H groups in total. The summed E-state index contributed by atoms with van der Waals surface area (Å²) in [4.78, 5) is 30.8. The first-order chi connectivity index (χ1) is 35.2. The second-order valence-corrected chi connectivity index (χ2v) is 23.1. The highest BCUT2D eigenvalue weighted by Crippen LogP contribution is 2.77. The lowest BCUT2D eigenvalue weighted by Crippen LogP contribution is -2.58. The second-order valence-electron chi connectivity index (χ2n) is 23.1. The van der Waals surface area contributed by atoms with Gasteiger partial charge in [0.25, 0.3) is 0 Å². The normalized spacial score (nSPS) is 33.4. The molecule has 370 valence electrons. The van der Waals surface area contributed by atoms with Crippen molar-refractivity contribution in [3.8, 4) is 16.9 Å². The standard InChI is InChI=1S/C64H69N3O5/c1-3-39(31-40-9-5-4-6-10-40)34-54-64-28-19-51-56(58(64)61(70)72-54)50-37-47(68)15-16-48(50)44-13-8-14-45(35-44)52-20-27-63(51)26-18-49-53(71-60(69)57(49)59(63)64)21-25-62(46-23-30-67-55(36-46)65-2)24-17-43(38-62)33-42-12-7-11-41(32-42)22-29-66-52/h4-16,20-21,27,32,34-35,37,39,43,46,51-52,55,59,65-68H,3,17-19,22-26,28-31,33,36,38H2,1-2H3. The van der Waals surface area contributed by atoms with Gasteiger partial charge >= 0.3 is 11.9 Å². The van der Waals surface area contributed by atoms with Gasteiger partial charge in [-0.25, -0.2) is 9.59 Å². The summed E-state index contributed by atoms with van der Waals surface area (Å²) in [5.41, 5.74) is 10.0. The number of hydrogen-bond acceptors (Lipinski definition) is 8. The number of cyclic esters (lactones) is 1. The third kappa shape index (κ3) is 7.40. The number of allylic oxidation sites excluding steroid dienone is 6. The molecule has 4 aromatic rings. The zero-order chi connectivity index (χ0) is 48.8. The molecular weight excluding hydrogens is 891 g/mol. The van der Waals surface area contributed by atoms with Gasteiger partial charge in [0, 0.05) is 29.0 Å². The van der Waals surface area contributed by atoms with Crippen LogP contribution >= 0.6 is 0 Å². The van der Waals surface area contributed by atoms with Gasteiger partial charge in [-0.15, -0.1) is 0 Å². The zero-order valence-electron chi connectivity index (χ0n) is 42.0.